The molecule has 0 radical (unpaired) electrons. The zero-order valence-corrected chi connectivity index (χ0v) is 21.4. The normalized spacial score (nSPS) is 21.3. The molecule has 5 nitrogen and oxygen atoms in total. The topological polar surface area (TPSA) is 53.6 Å². The Morgan fingerprint density at radius 2 is 2.00 bits per heavy atom. The van der Waals surface area contributed by atoms with Gasteiger partial charge in [-0.3, -0.25) is 0 Å². The van der Waals surface area contributed by atoms with E-state index in [0.29, 0.717) is 5.92 Å². The fourth-order valence-electron chi connectivity index (χ4n) is 6.08. The van der Waals surface area contributed by atoms with Gasteiger partial charge in [0.25, 0.3) is 0 Å². The molecule has 2 aliphatic rings. The SMILES string of the molecule is CNC[C@H](CC1CCCCC1)NC(=O)N1CCC[C@@H]([C@@H](CCCCOC)c2cccc(F)c2)C1. The highest BCUT2D eigenvalue weighted by Crippen LogP contribution is 2.36. The molecule has 2 amide bonds. The van der Waals surface area contributed by atoms with Gasteiger partial charge in [-0.05, 0) is 74.6 Å². The van der Waals surface area contributed by atoms with Gasteiger partial charge >= 0.3 is 6.03 Å². The third-order valence-electron chi connectivity index (χ3n) is 7.83. The molecule has 1 aromatic rings. The van der Waals surface area contributed by atoms with Crippen LogP contribution in [0.5, 0.6) is 0 Å². The molecule has 1 saturated heterocycles. The Bertz CT molecular complexity index is 725. The monoisotopic (exact) mass is 475 g/mol. The summed E-state index contributed by atoms with van der Waals surface area (Å²) in [4.78, 5) is 15.3. The van der Waals surface area contributed by atoms with E-state index >= 15 is 0 Å². The second kappa shape index (κ2) is 14.7. The molecule has 1 saturated carbocycles. The predicted molar refractivity (Wildman–Crippen MR) is 137 cm³/mol. The Balaban J connectivity index is 1.62. The van der Waals surface area contributed by atoms with Crippen LogP contribution in [-0.4, -0.2) is 57.4 Å². The molecule has 0 unspecified atom stereocenters. The van der Waals surface area contributed by atoms with Gasteiger partial charge in [0.1, 0.15) is 5.82 Å². The van der Waals surface area contributed by atoms with Crippen molar-refractivity contribution < 1.29 is 13.9 Å². The maximum absolute atomic E-state index is 14.1. The van der Waals surface area contributed by atoms with Crippen LogP contribution in [-0.2, 0) is 4.74 Å². The maximum atomic E-state index is 14.1. The van der Waals surface area contributed by atoms with Crippen molar-refractivity contribution in [3.8, 4) is 0 Å². The lowest BCUT2D eigenvalue weighted by Gasteiger charge is -2.38. The molecule has 34 heavy (non-hydrogen) atoms. The third kappa shape index (κ3) is 8.53. The average Bonchev–Trinajstić information content (AvgIpc) is 2.85. The van der Waals surface area contributed by atoms with Crippen LogP contribution in [0.2, 0.25) is 0 Å². The van der Waals surface area contributed by atoms with Gasteiger partial charge in [-0.1, -0.05) is 50.7 Å². The molecule has 1 heterocycles. The highest BCUT2D eigenvalue weighted by atomic mass is 19.1. The third-order valence-corrected chi connectivity index (χ3v) is 7.83. The second-order valence-electron chi connectivity index (χ2n) is 10.4. The molecule has 192 valence electrons. The summed E-state index contributed by atoms with van der Waals surface area (Å²) in [7, 11) is 3.70. The van der Waals surface area contributed by atoms with E-state index in [4.69, 9.17) is 4.74 Å². The largest absolute Gasteiger partial charge is 0.385 e. The van der Waals surface area contributed by atoms with Crippen LogP contribution in [0.3, 0.4) is 0 Å². The van der Waals surface area contributed by atoms with Gasteiger partial charge in [0.2, 0.25) is 0 Å². The summed E-state index contributed by atoms with van der Waals surface area (Å²) in [5.41, 5.74) is 1.06. The molecule has 1 aromatic carbocycles. The number of likely N-dealkylation sites (tertiary alicyclic amines) is 1. The summed E-state index contributed by atoms with van der Waals surface area (Å²) in [6.07, 6.45) is 12.8. The van der Waals surface area contributed by atoms with Crippen molar-refractivity contribution >= 4 is 6.03 Å². The Morgan fingerprint density at radius 3 is 2.74 bits per heavy atom. The van der Waals surface area contributed by atoms with Crippen LogP contribution < -0.4 is 10.6 Å². The number of ether oxygens (including phenoxy) is 1. The van der Waals surface area contributed by atoms with Crippen molar-refractivity contribution in [3.63, 3.8) is 0 Å². The number of halogens is 1. The Morgan fingerprint density at radius 1 is 1.18 bits per heavy atom. The molecule has 2 N–H and O–H groups in total. The summed E-state index contributed by atoms with van der Waals surface area (Å²) in [6, 6.07) is 7.31. The minimum Gasteiger partial charge on any atom is -0.385 e. The lowest BCUT2D eigenvalue weighted by molar-refractivity contribution is 0.147. The number of methoxy groups -OCH3 is 1. The number of likely N-dealkylation sites (N-methyl/N-ethyl adjacent to an activating group) is 1. The van der Waals surface area contributed by atoms with Crippen LogP contribution in [0.25, 0.3) is 0 Å². The number of hydrogen-bond acceptors (Lipinski definition) is 3. The lowest BCUT2D eigenvalue weighted by atomic mass is 9.78. The summed E-state index contributed by atoms with van der Waals surface area (Å²) < 4.78 is 19.3. The van der Waals surface area contributed by atoms with Crippen LogP contribution in [0.4, 0.5) is 9.18 Å². The molecule has 0 bridgehead atoms. The number of piperidine rings is 1. The zero-order valence-electron chi connectivity index (χ0n) is 21.4. The first kappa shape index (κ1) is 26.9. The number of unbranched alkanes of at least 4 members (excludes halogenated alkanes) is 1. The minimum atomic E-state index is -0.178. The predicted octanol–water partition coefficient (Wildman–Crippen LogP) is 5.71. The molecular formula is C28H46FN3O2. The molecular weight excluding hydrogens is 429 g/mol. The van der Waals surface area contributed by atoms with Crippen molar-refractivity contribution in [3.05, 3.63) is 35.6 Å². The van der Waals surface area contributed by atoms with Gasteiger partial charge in [-0.15, -0.1) is 0 Å². The van der Waals surface area contributed by atoms with E-state index in [0.717, 1.165) is 76.2 Å². The molecule has 0 spiro atoms. The van der Waals surface area contributed by atoms with E-state index in [1.807, 2.05) is 18.0 Å². The van der Waals surface area contributed by atoms with Crippen molar-refractivity contribution in [2.75, 3.05) is 40.4 Å². The summed E-state index contributed by atoms with van der Waals surface area (Å²) in [6.45, 7) is 3.11. The molecule has 3 atom stereocenters. The summed E-state index contributed by atoms with van der Waals surface area (Å²) >= 11 is 0. The van der Waals surface area contributed by atoms with E-state index < -0.39 is 0 Å². The smallest absolute Gasteiger partial charge is 0.317 e. The van der Waals surface area contributed by atoms with E-state index in [1.165, 1.54) is 38.2 Å². The lowest BCUT2D eigenvalue weighted by Crippen LogP contribution is -2.51. The Labute approximate surface area is 206 Å². The Hall–Kier alpha value is -1.66. The van der Waals surface area contributed by atoms with E-state index in [2.05, 4.69) is 16.7 Å². The first-order valence-corrected chi connectivity index (χ1v) is 13.5. The van der Waals surface area contributed by atoms with Crippen molar-refractivity contribution in [1.29, 1.82) is 0 Å². The number of benzene rings is 1. The van der Waals surface area contributed by atoms with Crippen LogP contribution >= 0.6 is 0 Å². The second-order valence-corrected chi connectivity index (χ2v) is 10.4. The van der Waals surface area contributed by atoms with Crippen molar-refractivity contribution in [2.24, 2.45) is 11.8 Å². The zero-order chi connectivity index (χ0) is 24.2. The highest BCUT2D eigenvalue weighted by Gasteiger charge is 2.31. The number of urea groups is 1. The van der Waals surface area contributed by atoms with Crippen LogP contribution in [0.15, 0.2) is 24.3 Å². The number of carbonyl (C=O) groups is 1. The number of nitrogens with zero attached hydrogens (tertiary/aromatic N) is 1. The summed E-state index contributed by atoms with van der Waals surface area (Å²) in [5.74, 6) is 1.16. The van der Waals surface area contributed by atoms with Gasteiger partial charge in [0, 0.05) is 39.4 Å². The van der Waals surface area contributed by atoms with Gasteiger partial charge in [0.05, 0.1) is 0 Å². The van der Waals surface area contributed by atoms with Crippen LogP contribution in [0.1, 0.15) is 82.1 Å². The minimum absolute atomic E-state index is 0.0677. The molecule has 2 fully saturated rings. The fourth-order valence-corrected chi connectivity index (χ4v) is 6.08. The van der Waals surface area contributed by atoms with Gasteiger partial charge < -0.3 is 20.3 Å². The quantitative estimate of drug-likeness (QED) is 0.381. The number of carbonyl (C=O) groups excluding carboxylic acids is 1. The molecule has 1 aliphatic heterocycles. The molecule has 1 aliphatic carbocycles. The van der Waals surface area contributed by atoms with E-state index in [1.54, 1.807) is 13.2 Å². The first-order chi connectivity index (χ1) is 16.6. The van der Waals surface area contributed by atoms with E-state index in [-0.39, 0.29) is 23.8 Å². The number of rotatable bonds is 12. The van der Waals surface area contributed by atoms with Crippen molar-refractivity contribution in [1.82, 2.24) is 15.5 Å². The average molecular weight is 476 g/mol. The van der Waals surface area contributed by atoms with Gasteiger partial charge in [-0.25, -0.2) is 9.18 Å². The van der Waals surface area contributed by atoms with Gasteiger partial charge in [-0.2, -0.15) is 0 Å². The van der Waals surface area contributed by atoms with E-state index in [9.17, 15) is 9.18 Å². The molecule has 6 heteroatoms. The van der Waals surface area contributed by atoms with Crippen molar-refractivity contribution in [2.45, 2.75) is 82.6 Å². The fraction of sp³-hybridized carbons (Fsp3) is 0.750. The maximum Gasteiger partial charge on any atom is 0.317 e. The standard InChI is InChI=1S/C28H46FN3O2/c1-30-20-26(18-22-10-4-3-5-11-22)31-28(33)32-16-9-13-24(21-32)27(15-6-7-17-34-2)23-12-8-14-25(29)19-23/h8,12,14,19,22,24,26-27,30H,3-7,9-11,13,15-18,20-21H2,1-2H3,(H,31,33)/t24-,26+,27+/m1/s1. The number of nitrogens with one attached hydrogen (secondary N) is 2. The molecule has 0 aromatic heterocycles. The molecule has 3 rings (SSSR count). The van der Waals surface area contributed by atoms with Crippen LogP contribution in [0, 0.1) is 17.7 Å². The summed E-state index contributed by atoms with van der Waals surface area (Å²) in [5, 5.41) is 6.63. The number of amides is 2. The highest BCUT2D eigenvalue weighted by molar-refractivity contribution is 5.74. The first-order valence-electron chi connectivity index (χ1n) is 13.5. The number of hydrogen-bond donors (Lipinski definition) is 2. The van der Waals surface area contributed by atoms with Gasteiger partial charge in [0.15, 0.2) is 0 Å². The Kier molecular flexibility index (Phi) is 11.6.